The van der Waals surface area contributed by atoms with Crippen LogP contribution in [0.3, 0.4) is 0 Å². The molecule has 0 radical (unpaired) electrons. The van der Waals surface area contributed by atoms with Crippen LogP contribution in [-0.4, -0.2) is 19.0 Å². The molecule has 1 aromatic heterocycles. The van der Waals surface area contributed by atoms with Crippen molar-refractivity contribution in [3.8, 4) is 0 Å². The van der Waals surface area contributed by atoms with Gasteiger partial charge in [0.05, 0.1) is 13.2 Å². The Morgan fingerprint density at radius 3 is 2.73 bits per heavy atom. The molecule has 4 heteroatoms. The highest BCUT2D eigenvalue weighted by atomic mass is 15.5. The van der Waals surface area contributed by atoms with Crippen LogP contribution in [0.1, 0.15) is 18.4 Å². The van der Waals surface area contributed by atoms with Crippen LogP contribution >= 0.6 is 0 Å². The second-order valence-electron chi connectivity index (χ2n) is 5.99. The zero-order valence-electron chi connectivity index (χ0n) is 13.2. The summed E-state index contributed by atoms with van der Waals surface area (Å²) in [4.78, 5) is 9.58. The molecule has 2 aromatic rings. The third-order valence-electron chi connectivity index (χ3n) is 4.47. The van der Waals surface area contributed by atoms with E-state index >= 15 is 0 Å². The van der Waals surface area contributed by atoms with Gasteiger partial charge in [0.15, 0.2) is 0 Å². The van der Waals surface area contributed by atoms with Crippen LogP contribution in [0, 0.1) is 6.92 Å². The van der Waals surface area contributed by atoms with Crippen molar-refractivity contribution in [3.63, 3.8) is 0 Å². The van der Waals surface area contributed by atoms with Crippen molar-refractivity contribution in [2.24, 2.45) is 12.0 Å². The van der Waals surface area contributed by atoms with Gasteiger partial charge in [0.25, 0.3) is 0 Å². The van der Waals surface area contributed by atoms with Gasteiger partial charge >= 0.3 is 11.8 Å². The Balaban J connectivity index is 1.96. The van der Waals surface area contributed by atoms with Crippen molar-refractivity contribution in [2.45, 2.75) is 19.8 Å². The minimum absolute atomic E-state index is 0.909. The smallest absolute Gasteiger partial charge is 0.285 e. The standard InChI is InChI=1S/C18H21N4/c1-14-8-3-4-9-15(14)22-17-16(10-7-12-20(17)2)21-13-6-5-11-19-18(21)22/h3-4,7-10,12H,5-6,11,13H2,1-2H3/q+1. The maximum atomic E-state index is 4.90. The van der Waals surface area contributed by atoms with Crippen molar-refractivity contribution in [2.75, 3.05) is 22.9 Å². The van der Waals surface area contributed by atoms with Crippen LogP contribution in [0.2, 0.25) is 0 Å². The van der Waals surface area contributed by atoms with Crippen molar-refractivity contribution in [3.05, 3.63) is 48.2 Å². The number of aliphatic imine (C=N–C) groups is 1. The molecule has 0 aliphatic carbocycles. The van der Waals surface area contributed by atoms with E-state index in [0.29, 0.717) is 0 Å². The molecule has 112 valence electrons. The van der Waals surface area contributed by atoms with Gasteiger partial charge in [-0.05, 0) is 43.5 Å². The molecule has 3 heterocycles. The zero-order chi connectivity index (χ0) is 15.1. The Morgan fingerprint density at radius 2 is 1.86 bits per heavy atom. The number of pyridine rings is 1. The maximum Gasteiger partial charge on any atom is 0.313 e. The van der Waals surface area contributed by atoms with E-state index in [-0.39, 0.29) is 0 Å². The van der Waals surface area contributed by atoms with Gasteiger partial charge < -0.3 is 0 Å². The normalized spacial score (nSPS) is 16.9. The first-order valence-corrected chi connectivity index (χ1v) is 7.94. The average molecular weight is 293 g/mol. The van der Waals surface area contributed by atoms with Gasteiger partial charge in [-0.3, -0.25) is 4.90 Å². The number of benzene rings is 1. The van der Waals surface area contributed by atoms with Crippen LogP contribution in [0.4, 0.5) is 17.2 Å². The molecule has 0 unspecified atom stereocenters. The van der Waals surface area contributed by atoms with Crippen molar-refractivity contribution < 1.29 is 4.57 Å². The highest BCUT2D eigenvalue weighted by Gasteiger charge is 2.44. The molecular formula is C18H21N4+. The molecule has 2 aliphatic rings. The molecule has 0 saturated heterocycles. The summed E-state index contributed by atoms with van der Waals surface area (Å²) < 4.78 is 2.19. The van der Waals surface area contributed by atoms with Crippen LogP contribution in [0.5, 0.6) is 0 Å². The van der Waals surface area contributed by atoms with E-state index in [9.17, 15) is 0 Å². The van der Waals surface area contributed by atoms with Gasteiger partial charge in [-0.25, -0.2) is 9.56 Å². The number of rotatable bonds is 1. The van der Waals surface area contributed by atoms with Crippen LogP contribution in [0.25, 0.3) is 0 Å². The van der Waals surface area contributed by atoms with Crippen molar-refractivity contribution in [1.82, 2.24) is 0 Å². The molecule has 0 fully saturated rings. The lowest BCUT2D eigenvalue weighted by molar-refractivity contribution is -0.657. The molecule has 0 spiro atoms. The molecular weight excluding hydrogens is 272 g/mol. The van der Waals surface area contributed by atoms with E-state index in [2.05, 4.69) is 70.9 Å². The van der Waals surface area contributed by atoms with Gasteiger partial charge in [-0.2, -0.15) is 4.90 Å². The van der Waals surface area contributed by atoms with Gasteiger partial charge in [-0.1, -0.05) is 18.2 Å². The molecule has 22 heavy (non-hydrogen) atoms. The number of guanidine groups is 1. The number of aryl methyl sites for hydroxylation is 2. The number of hydrogen-bond acceptors (Lipinski definition) is 3. The monoisotopic (exact) mass is 293 g/mol. The molecule has 4 rings (SSSR count). The third kappa shape index (κ3) is 1.90. The third-order valence-corrected chi connectivity index (χ3v) is 4.47. The number of anilines is 3. The number of aromatic nitrogens is 1. The quantitative estimate of drug-likeness (QED) is 0.755. The minimum atomic E-state index is 0.909. The van der Waals surface area contributed by atoms with E-state index in [1.165, 1.54) is 29.2 Å². The average Bonchev–Trinajstić information content (AvgIpc) is 2.68. The molecule has 1 aromatic carbocycles. The Kier molecular flexibility index (Phi) is 3.10. The lowest BCUT2D eigenvalue weighted by Gasteiger charge is -2.17. The first-order chi connectivity index (χ1) is 10.8. The molecule has 4 nitrogen and oxygen atoms in total. The summed E-state index contributed by atoms with van der Waals surface area (Å²) >= 11 is 0. The summed E-state index contributed by atoms with van der Waals surface area (Å²) in [7, 11) is 2.11. The first-order valence-electron chi connectivity index (χ1n) is 7.94. The summed E-state index contributed by atoms with van der Waals surface area (Å²) in [5, 5.41) is 0. The summed E-state index contributed by atoms with van der Waals surface area (Å²) in [5.41, 5.74) is 3.74. The number of para-hydroxylation sites is 1. The number of nitrogens with zero attached hydrogens (tertiary/aromatic N) is 4. The van der Waals surface area contributed by atoms with E-state index in [4.69, 9.17) is 4.99 Å². The first kappa shape index (κ1) is 13.3. The molecule has 2 aliphatic heterocycles. The van der Waals surface area contributed by atoms with Crippen molar-refractivity contribution >= 4 is 23.2 Å². The van der Waals surface area contributed by atoms with Crippen molar-refractivity contribution in [1.29, 1.82) is 0 Å². The summed E-state index contributed by atoms with van der Waals surface area (Å²) in [6.07, 6.45) is 4.46. The number of fused-ring (bicyclic) bond motifs is 3. The zero-order valence-corrected chi connectivity index (χ0v) is 13.2. The Morgan fingerprint density at radius 1 is 1.05 bits per heavy atom. The highest BCUT2D eigenvalue weighted by Crippen LogP contribution is 2.40. The number of hydrogen-bond donors (Lipinski definition) is 0. The van der Waals surface area contributed by atoms with Gasteiger partial charge in [-0.15, -0.1) is 0 Å². The molecule has 0 amide bonds. The predicted octanol–water partition coefficient (Wildman–Crippen LogP) is 2.93. The Bertz CT molecular complexity index is 751. The lowest BCUT2D eigenvalue weighted by Crippen LogP contribution is -2.39. The molecule has 0 bridgehead atoms. The lowest BCUT2D eigenvalue weighted by atomic mass is 10.2. The highest BCUT2D eigenvalue weighted by molar-refractivity contribution is 6.18. The predicted molar refractivity (Wildman–Crippen MR) is 89.8 cm³/mol. The summed E-state index contributed by atoms with van der Waals surface area (Å²) in [6.45, 7) is 4.11. The largest absolute Gasteiger partial charge is 0.313 e. The SMILES string of the molecule is Cc1ccccc1N1C2=NCCCCN2c2ccc[n+](C)c21. The maximum absolute atomic E-state index is 4.90. The second-order valence-corrected chi connectivity index (χ2v) is 5.99. The summed E-state index contributed by atoms with van der Waals surface area (Å²) in [5.74, 6) is 2.28. The van der Waals surface area contributed by atoms with E-state index in [1.54, 1.807) is 0 Å². The fourth-order valence-corrected chi connectivity index (χ4v) is 3.37. The van der Waals surface area contributed by atoms with E-state index in [0.717, 1.165) is 25.5 Å². The topological polar surface area (TPSA) is 22.7 Å². The van der Waals surface area contributed by atoms with E-state index in [1.807, 2.05) is 0 Å². The van der Waals surface area contributed by atoms with Crippen LogP contribution in [-0.2, 0) is 7.05 Å². The Hall–Kier alpha value is -2.36. The minimum Gasteiger partial charge on any atom is -0.285 e. The molecule has 0 N–H and O–H groups in total. The molecule has 0 saturated carbocycles. The fraction of sp³-hybridized carbons (Fsp3) is 0.333. The van der Waals surface area contributed by atoms with Crippen LogP contribution in [0.15, 0.2) is 47.6 Å². The fourth-order valence-electron chi connectivity index (χ4n) is 3.37. The van der Waals surface area contributed by atoms with Gasteiger partial charge in [0.1, 0.15) is 11.4 Å². The van der Waals surface area contributed by atoms with Gasteiger partial charge in [0, 0.05) is 13.1 Å². The summed E-state index contributed by atoms with van der Waals surface area (Å²) in [6, 6.07) is 12.9. The molecule has 0 atom stereocenters. The van der Waals surface area contributed by atoms with Gasteiger partial charge in [0.2, 0.25) is 0 Å². The van der Waals surface area contributed by atoms with Crippen LogP contribution < -0.4 is 14.4 Å². The van der Waals surface area contributed by atoms with E-state index < -0.39 is 0 Å². The Labute approximate surface area is 131 Å². The second kappa shape index (κ2) is 5.13.